The molecule has 0 radical (unpaired) electrons. The lowest BCUT2D eigenvalue weighted by Crippen LogP contribution is -1.96. The fourth-order valence-corrected chi connectivity index (χ4v) is 2.26. The zero-order chi connectivity index (χ0) is 14.7. The zero-order valence-electron chi connectivity index (χ0n) is 11.7. The average molecular weight is 274 g/mol. The van der Waals surface area contributed by atoms with E-state index >= 15 is 0 Å². The molecule has 2 heterocycles. The van der Waals surface area contributed by atoms with Crippen LogP contribution in [0.15, 0.2) is 48.8 Å². The molecule has 1 aromatic carbocycles. The van der Waals surface area contributed by atoms with Crippen LogP contribution in [0.1, 0.15) is 23.6 Å². The highest BCUT2D eigenvalue weighted by molar-refractivity contribution is 5.82. The van der Waals surface area contributed by atoms with Crippen LogP contribution in [0.3, 0.4) is 0 Å². The third kappa shape index (κ3) is 3.01. The minimum atomic E-state index is 0.156. The molecule has 21 heavy (non-hydrogen) atoms. The van der Waals surface area contributed by atoms with Gasteiger partial charge < -0.3 is 4.98 Å². The van der Waals surface area contributed by atoms with Gasteiger partial charge in [-0.05, 0) is 36.8 Å². The number of pyridine rings is 1. The third-order valence-electron chi connectivity index (χ3n) is 3.18. The second-order valence-electron chi connectivity index (χ2n) is 4.93. The van der Waals surface area contributed by atoms with E-state index in [0.717, 1.165) is 27.7 Å². The van der Waals surface area contributed by atoms with Crippen LogP contribution in [-0.2, 0) is 11.2 Å². The fraction of sp³-hybridized carbons (Fsp3) is 0.111. The number of nitrogens with one attached hydrogen (secondary N) is 1. The van der Waals surface area contributed by atoms with E-state index in [0.29, 0.717) is 6.42 Å². The Labute approximate surface area is 123 Å². The summed E-state index contributed by atoms with van der Waals surface area (Å²) in [4.78, 5) is 18.5. The quantitative estimate of drug-likeness (QED) is 0.730. The Morgan fingerprint density at radius 1 is 1.24 bits per heavy atom. The van der Waals surface area contributed by atoms with Gasteiger partial charge >= 0.3 is 0 Å². The number of nitrogens with zero attached hydrogens (tertiary/aromatic N) is 1. The number of carbonyl (C=O) groups excluding carboxylic acids is 1. The molecule has 0 atom stereocenters. The van der Waals surface area contributed by atoms with E-state index in [4.69, 9.17) is 0 Å². The van der Waals surface area contributed by atoms with Crippen LogP contribution in [-0.4, -0.2) is 15.8 Å². The second kappa shape index (κ2) is 5.64. The van der Waals surface area contributed by atoms with E-state index in [1.807, 2.05) is 42.6 Å². The smallest absolute Gasteiger partial charge is 0.138 e. The predicted molar refractivity (Wildman–Crippen MR) is 82.9 cm³/mol. The van der Waals surface area contributed by atoms with Gasteiger partial charge in [-0.25, -0.2) is 4.98 Å². The van der Waals surface area contributed by atoms with Crippen molar-refractivity contribution in [1.29, 1.82) is 0 Å². The number of Topliss-reactive ketones (excluding diaryl/α,β-unsaturated/α-hetero) is 1. The number of hydrogen-bond acceptors (Lipinski definition) is 2. The van der Waals surface area contributed by atoms with Crippen molar-refractivity contribution in [2.45, 2.75) is 13.3 Å². The van der Waals surface area contributed by atoms with Crippen LogP contribution in [0.2, 0.25) is 0 Å². The first kappa shape index (κ1) is 13.1. The molecule has 102 valence electrons. The zero-order valence-corrected chi connectivity index (χ0v) is 11.7. The summed E-state index contributed by atoms with van der Waals surface area (Å²) in [6.45, 7) is 1.60. The van der Waals surface area contributed by atoms with Crippen LogP contribution in [0, 0.1) is 11.8 Å². The standard InChI is InChI=1S/C18H14N2O/c1-13(21)11-15-4-2-3-14(12-15)5-6-16-7-9-19-18-17(16)8-10-20-18/h2-4,7-10,12H,11H2,1H3,(H,19,20). The molecule has 0 spiro atoms. The molecule has 1 N–H and O–H groups in total. The van der Waals surface area contributed by atoms with Crippen LogP contribution in [0.5, 0.6) is 0 Å². The normalized spacial score (nSPS) is 10.1. The molecule has 0 aliphatic heterocycles. The summed E-state index contributed by atoms with van der Waals surface area (Å²) in [5.74, 6) is 6.49. The molecule has 0 saturated heterocycles. The van der Waals surface area contributed by atoms with Crippen molar-refractivity contribution in [1.82, 2.24) is 9.97 Å². The SMILES string of the molecule is CC(=O)Cc1cccc(C#Cc2ccnc3[nH]ccc23)c1. The molecule has 0 bridgehead atoms. The number of carbonyl (C=O) groups is 1. The summed E-state index contributed by atoms with van der Waals surface area (Å²) in [5, 5.41) is 1.02. The van der Waals surface area contributed by atoms with Crippen molar-refractivity contribution in [2.24, 2.45) is 0 Å². The van der Waals surface area contributed by atoms with Gasteiger partial charge in [0, 0.05) is 35.3 Å². The molecule has 0 amide bonds. The number of H-pyrrole nitrogens is 1. The van der Waals surface area contributed by atoms with Crippen molar-refractivity contribution < 1.29 is 4.79 Å². The number of benzene rings is 1. The molecule has 0 saturated carbocycles. The van der Waals surface area contributed by atoms with E-state index in [9.17, 15) is 4.79 Å². The maximum Gasteiger partial charge on any atom is 0.138 e. The summed E-state index contributed by atoms with van der Waals surface area (Å²) in [6, 6.07) is 11.7. The van der Waals surface area contributed by atoms with Gasteiger partial charge in [0.15, 0.2) is 0 Å². The van der Waals surface area contributed by atoms with Gasteiger partial charge in [0.05, 0.1) is 0 Å². The van der Waals surface area contributed by atoms with Crippen molar-refractivity contribution in [2.75, 3.05) is 0 Å². The number of fused-ring (bicyclic) bond motifs is 1. The first-order valence-electron chi connectivity index (χ1n) is 6.75. The lowest BCUT2D eigenvalue weighted by molar-refractivity contribution is -0.116. The van der Waals surface area contributed by atoms with E-state index in [-0.39, 0.29) is 5.78 Å². The maximum atomic E-state index is 11.2. The Bertz CT molecular complexity index is 865. The lowest BCUT2D eigenvalue weighted by atomic mass is 10.1. The van der Waals surface area contributed by atoms with Gasteiger partial charge in [-0.3, -0.25) is 4.79 Å². The van der Waals surface area contributed by atoms with Crippen molar-refractivity contribution in [3.63, 3.8) is 0 Å². The summed E-state index contributed by atoms with van der Waals surface area (Å²) in [6.07, 6.45) is 4.05. The van der Waals surface area contributed by atoms with Crippen molar-refractivity contribution in [3.05, 3.63) is 65.5 Å². The van der Waals surface area contributed by atoms with Gasteiger partial charge in [-0.15, -0.1) is 0 Å². The highest BCUT2D eigenvalue weighted by Gasteiger charge is 2.00. The summed E-state index contributed by atoms with van der Waals surface area (Å²) < 4.78 is 0. The molecule has 3 nitrogen and oxygen atoms in total. The number of rotatable bonds is 2. The summed E-state index contributed by atoms with van der Waals surface area (Å²) in [5.41, 5.74) is 3.69. The van der Waals surface area contributed by atoms with Gasteiger partial charge in [0.1, 0.15) is 11.4 Å². The predicted octanol–water partition coefficient (Wildman–Crippen LogP) is 3.09. The molecule has 3 heteroatoms. The number of aromatic nitrogens is 2. The van der Waals surface area contributed by atoms with Crippen molar-refractivity contribution in [3.8, 4) is 11.8 Å². The topological polar surface area (TPSA) is 45.8 Å². The van der Waals surface area contributed by atoms with Crippen LogP contribution in [0.25, 0.3) is 11.0 Å². The maximum absolute atomic E-state index is 11.2. The lowest BCUT2D eigenvalue weighted by Gasteiger charge is -1.98. The van der Waals surface area contributed by atoms with Crippen LogP contribution in [0.4, 0.5) is 0 Å². The molecule has 0 aliphatic carbocycles. The average Bonchev–Trinajstić information content (AvgIpc) is 2.93. The van der Waals surface area contributed by atoms with Gasteiger partial charge in [0.25, 0.3) is 0 Å². The minimum Gasteiger partial charge on any atom is -0.346 e. The Morgan fingerprint density at radius 3 is 3.00 bits per heavy atom. The highest BCUT2D eigenvalue weighted by Crippen LogP contribution is 2.14. The van der Waals surface area contributed by atoms with E-state index in [1.54, 1.807) is 13.1 Å². The Kier molecular flexibility index (Phi) is 3.53. The highest BCUT2D eigenvalue weighted by atomic mass is 16.1. The molecule has 0 fully saturated rings. The first-order valence-corrected chi connectivity index (χ1v) is 6.75. The third-order valence-corrected chi connectivity index (χ3v) is 3.18. The van der Waals surface area contributed by atoms with Gasteiger partial charge in [-0.2, -0.15) is 0 Å². The molecular weight excluding hydrogens is 260 g/mol. The molecule has 0 aliphatic rings. The number of aromatic amines is 1. The fourth-order valence-electron chi connectivity index (χ4n) is 2.26. The van der Waals surface area contributed by atoms with Crippen LogP contribution < -0.4 is 0 Å². The Morgan fingerprint density at radius 2 is 2.14 bits per heavy atom. The Hall–Kier alpha value is -2.86. The van der Waals surface area contributed by atoms with E-state index in [2.05, 4.69) is 21.8 Å². The minimum absolute atomic E-state index is 0.156. The molecule has 3 aromatic rings. The molecule has 2 aromatic heterocycles. The number of hydrogen-bond donors (Lipinski definition) is 1. The molecule has 0 unspecified atom stereocenters. The second-order valence-corrected chi connectivity index (χ2v) is 4.93. The van der Waals surface area contributed by atoms with Crippen molar-refractivity contribution >= 4 is 16.8 Å². The summed E-state index contributed by atoms with van der Waals surface area (Å²) in [7, 11) is 0. The molecular formula is C18H14N2O. The largest absolute Gasteiger partial charge is 0.346 e. The van der Waals surface area contributed by atoms with E-state index in [1.165, 1.54) is 0 Å². The first-order chi connectivity index (χ1) is 10.2. The summed E-state index contributed by atoms with van der Waals surface area (Å²) >= 11 is 0. The molecule has 3 rings (SSSR count). The van der Waals surface area contributed by atoms with Gasteiger partial charge in [-0.1, -0.05) is 24.0 Å². The van der Waals surface area contributed by atoms with Crippen LogP contribution >= 0.6 is 0 Å². The van der Waals surface area contributed by atoms with Gasteiger partial charge in [0.2, 0.25) is 0 Å². The Balaban J connectivity index is 1.94. The number of ketones is 1. The van der Waals surface area contributed by atoms with E-state index < -0.39 is 0 Å². The monoisotopic (exact) mass is 274 g/mol.